The molecule has 3 aromatic rings. The second-order valence-corrected chi connectivity index (χ2v) is 9.37. The summed E-state index contributed by atoms with van der Waals surface area (Å²) in [6.07, 6.45) is 1.34. The smallest absolute Gasteiger partial charge is 0.255 e. The Labute approximate surface area is 191 Å². The van der Waals surface area contributed by atoms with Crippen LogP contribution in [0, 0.1) is 12.7 Å². The van der Waals surface area contributed by atoms with Crippen LogP contribution in [0.25, 0.3) is 0 Å². The fourth-order valence-electron chi connectivity index (χ4n) is 2.88. The molecule has 0 aliphatic heterocycles. The van der Waals surface area contributed by atoms with Gasteiger partial charge in [0, 0.05) is 11.6 Å². The zero-order valence-corrected chi connectivity index (χ0v) is 18.8. The molecule has 6 nitrogen and oxygen atoms in total. The van der Waals surface area contributed by atoms with Gasteiger partial charge in [0.15, 0.2) is 0 Å². The number of benzene rings is 3. The Bertz CT molecular complexity index is 1210. The molecule has 0 heterocycles. The van der Waals surface area contributed by atoms with Crippen molar-refractivity contribution < 1.29 is 17.6 Å². The number of aryl methyl sites for hydroxylation is 1. The predicted octanol–water partition coefficient (Wildman–Crippen LogP) is 4.13. The van der Waals surface area contributed by atoms with Gasteiger partial charge in [0.05, 0.1) is 17.7 Å². The topological polar surface area (TPSA) is 78.8 Å². The summed E-state index contributed by atoms with van der Waals surface area (Å²) in [5.41, 5.74) is 4.57. The number of sulfonamides is 1. The summed E-state index contributed by atoms with van der Waals surface area (Å²) in [4.78, 5) is 12.5. The molecular weight excluding hydrogens is 453 g/mol. The van der Waals surface area contributed by atoms with Crippen LogP contribution in [0.1, 0.15) is 16.7 Å². The van der Waals surface area contributed by atoms with E-state index in [1.54, 1.807) is 0 Å². The minimum atomic E-state index is -3.99. The number of carbonyl (C=O) groups is 1. The number of amides is 1. The Morgan fingerprint density at radius 3 is 2.38 bits per heavy atom. The van der Waals surface area contributed by atoms with Crippen LogP contribution in [0.2, 0.25) is 5.02 Å². The third-order valence-electron chi connectivity index (χ3n) is 4.65. The fraction of sp³-hybridized carbons (Fsp3) is 0.130. The highest BCUT2D eigenvalue weighted by Gasteiger charge is 2.27. The third-order valence-corrected chi connectivity index (χ3v) is 6.71. The lowest BCUT2D eigenvalue weighted by molar-refractivity contribution is -0.121. The van der Waals surface area contributed by atoms with E-state index >= 15 is 0 Å². The van der Waals surface area contributed by atoms with Crippen molar-refractivity contribution in [3.05, 3.63) is 100 Å². The Morgan fingerprint density at radius 2 is 1.72 bits per heavy atom. The molecule has 0 spiro atoms. The van der Waals surface area contributed by atoms with E-state index in [1.165, 1.54) is 54.7 Å². The van der Waals surface area contributed by atoms with Crippen LogP contribution >= 0.6 is 11.6 Å². The Balaban J connectivity index is 1.80. The van der Waals surface area contributed by atoms with E-state index in [0.717, 1.165) is 15.4 Å². The summed E-state index contributed by atoms with van der Waals surface area (Å²) < 4.78 is 40.6. The second-order valence-electron chi connectivity index (χ2n) is 7.00. The van der Waals surface area contributed by atoms with Gasteiger partial charge < -0.3 is 0 Å². The summed E-state index contributed by atoms with van der Waals surface area (Å²) in [7, 11) is -3.99. The molecule has 0 saturated heterocycles. The molecule has 166 valence electrons. The van der Waals surface area contributed by atoms with Crippen LogP contribution in [0.4, 0.5) is 4.39 Å². The van der Waals surface area contributed by atoms with Crippen molar-refractivity contribution in [1.82, 2.24) is 9.73 Å². The van der Waals surface area contributed by atoms with Gasteiger partial charge in [-0.25, -0.2) is 18.2 Å². The van der Waals surface area contributed by atoms with Crippen LogP contribution in [-0.2, 0) is 21.4 Å². The highest BCUT2D eigenvalue weighted by molar-refractivity contribution is 7.89. The zero-order valence-electron chi connectivity index (χ0n) is 17.2. The minimum absolute atomic E-state index is 0.00668. The van der Waals surface area contributed by atoms with Gasteiger partial charge in [-0.3, -0.25) is 4.79 Å². The number of halogens is 2. The maximum atomic E-state index is 13.3. The number of nitrogens with one attached hydrogen (secondary N) is 1. The van der Waals surface area contributed by atoms with Crippen molar-refractivity contribution in [2.75, 3.05) is 6.54 Å². The standard InChI is InChI=1S/C23H21ClFN3O3S/c1-17-4-2-3-5-19(17)15-28(32(30,31)22-12-8-20(24)9-13-22)16-23(29)27-26-14-18-6-10-21(25)11-7-18/h2-14H,15-16H2,1H3,(H,27,29)/b26-14-. The molecule has 3 aromatic carbocycles. The molecule has 0 bridgehead atoms. The van der Waals surface area contributed by atoms with E-state index in [0.29, 0.717) is 10.6 Å². The average molecular weight is 474 g/mol. The lowest BCUT2D eigenvalue weighted by Gasteiger charge is -2.22. The van der Waals surface area contributed by atoms with Crippen LogP contribution in [-0.4, -0.2) is 31.4 Å². The minimum Gasteiger partial charge on any atom is -0.272 e. The summed E-state index contributed by atoms with van der Waals surface area (Å²) in [6.45, 7) is 1.43. The SMILES string of the molecule is Cc1ccccc1CN(CC(=O)N/N=C\c1ccc(F)cc1)S(=O)(=O)c1ccc(Cl)cc1. The van der Waals surface area contributed by atoms with Crippen LogP contribution in [0.5, 0.6) is 0 Å². The van der Waals surface area contributed by atoms with Crippen LogP contribution in [0.15, 0.2) is 82.8 Å². The molecule has 1 amide bonds. The van der Waals surface area contributed by atoms with Gasteiger partial charge in [-0.1, -0.05) is 48.0 Å². The fourth-order valence-corrected chi connectivity index (χ4v) is 4.38. The molecule has 0 atom stereocenters. The van der Waals surface area contributed by atoms with E-state index in [1.807, 2.05) is 31.2 Å². The van der Waals surface area contributed by atoms with Gasteiger partial charge in [-0.15, -0.1) is 0 Å². The van der Waals surface area contributed by atoms with E-state index in [2.05, 4.69) is 10.5 Å². The van der Waals surface area contributed by atoms with Crippen molar-refractivity contribution in [3.63, 3.8) is 0 Å². The van der Waals surface area contributed by atoms with Crippen molar-refractivity contribution in [3.8, 4) is 0 Å². The van der Waals surface area contributed by atoms with E-state index < -0.39 is 22.5 Å². The average Bonchev–Trinajstić information content (AvgIpc) is 2.76. The first-order valence-electron chi connectivity index (χ1n) is 9.63. The molecule has 0 radical (unpaired) electrons. The molecule has 1 N–H and O–H groups in total. The predicted molar refractivity (Wildman–Crippen MR) is 122 cm³/mol. The molecule has 9 heteroatoms. The maximum absolute atomic E-state index is 13.3. The monoisotopic (exact) mass is 473 g/mol. The first-order valence-corrected chi connectivity index (χ1v) is 11.5. The van der Waals surface area contributed by atoms with E-state index in [4.69, 9.17) is 11.6 Å². The number of rotatable bonds is 8. The van der Waals surface area contributed by atoms with Crippen molar-refractivity contribution in [2.45, 2.75) is 18.4 Å². The summed E-state index contributed by atoms with van der Waals surface area (Å²) in [5, 5.41) is 4.23. The quantitative estimate of drug-likeness (QED) is 0.394. The lowest BCUT2D eigenvalue weighted by Crippen LogP contribution is -2.39. The van der Waals surface area contributed by atoms with Crippen molar-refractivity contribution >= 4 is 33.7 Å². The number of hydrazone groups is 1. The first kappa shape index (κ1) is 23.6. The Hall–Kier alpha value is -3.07. The molecule has 0 aromatic heterocycles. The third kappa shape index (κ3) is 6.23. The van der Waals surface area contributed by atoms with Gasteiger partial charge in [0.2, 0.25) is 10.0 Å². The van der Waals surface area contributed by atoms with E-state index in [-0.39, 0.29) is 17.3 Å². The maximum Gasteiger partial charge on any atom is 0.255 e. The summed E-state index contributed by atoms with van der Waals surface area (Å²) >= 11 is 5.88. The van der Waals surface area contributed by atoms with Crippen LogP contribution in [0.3, 0.4) is 0 Å². The molecule has 3 rings (SSSR count). The number of hydrogen-bond donors (Lipinski definition) is 1. The molecule has 0 aliphatic carbocycles. The Morgan fingerprint density at radius 1 is 1.06 bits per heavy atom. The molecule has 32 heavy (non-hydrogen) atoms. The van der Waals surface area contributed by atoms with Crippen molar-refractivity contribution in [2.24, 2.45) is 5.10 Å². The molecule has 0 fully saturated rings. The van der Waals surface area contributed by atoms with Crippen LogP contribution < -0.4 is 5.43 Å². The largest absolute Gasteiger partial charge is 0.272 e. The van der Waals surface area contributed by atoms with Gasteiger partial charge in [-0.2, -0.15) is 9.41 Å². The second kappa shape index (κ2) is 10.5. The molecular formula is C23H21ClFN3O3S. The van der Waals surface area contributed by atoms with E-state index in [9.17, 15) is 17.6 Å². The molecule has 0 aliphatic rings. The van der Waals surface area contributed by atoms with Gasteiger partial charge in [0.25, 0.3) is 5.91 Å². The lowest BCUT2D eigenvalue weighted by atomic mass is 10.1. The first-order chi connectivity index (χ1) is 15.3. The van der Waals surface area contributed by atoms with Gasteiger partial charge in [-0.05, 0) is 60.0 Å². The zero-order chi connectivity index (χ0) is 23.1. The summed E-state index contributed by atoms with van der Waals surface area (Å²) in [6, 6.07) is 18.6. The van der Waals surface area contributed by atoms with Crippen molar-refractivity contribution in [1.29, 1.82) is 0 Å². The highest BCUT2D eigenvalue weighted by Crippen LogP contribution is 2.21. The van der Waals surface area contributed by atoms with Gasteiger partial charge in [0.1, 0.15) is 5.82 Å². The summed E-state index contributed by atoms with van der Waals surface area (Å²) in [5.74, 6) is -1.00. The normalized spacial score (nSPS) is 11.8. The number of carbonyl (C=O) groups excluding carboxylic acids is 1. The Kier molecular flexibility index (Phi) is 7.74. The molecule has 0 saturated carbocycles. The van der Waals surface area contributed by atoms with Gasteiger partial charge >= 0.3 is 0 Å². The number of hydrogen-bond acceptors (Lipinski definition) is 4. The highest BCUT2D eigenvalue weighted by atomic mass is 35.5. The molecule has 0 unspecified atom stereocenters. The number of nitrogens with zero attached hydrogens (tertiary/aromatic N) is 2.